The van der Waals surface area contributed by atoms with Gasteiger partial charge in [-0.2, -0.15) is 0 Å². The van der Waals surface area contributed by atoms with Gasteiger partial charge in [0.1, 0.15) is 5.82 Å². The predicted octanol–water partition coefficient (Wildman–Crippen LogP) is 1.85. The Morgan fingerprint density at radius 1 is 1.36 bits per heavy atom. The van der Waals surface area contributed by atoms with E-state index in [4.69, 9.17) is 0 Å². The molecule has 0 bridgehead atoms. The van der Waals surface area contributed by atoms with Gasteiger partial charge in [0.05, 0.1) is 17.1 Å². The molecule has 0 spiro atoms. The fraction of sp³-hybridized carbons (Fsp3) is 0.364. The molecule has 74 valence electrons. The highest BCUT2D eigenvalue weighted by Gasteiger charge is 2.11. The number of hydrogen-bond acceptors (Lipinski definition) is 2. The Hall–Kier alpha value is -1.35. The van der Waals surface area contributed by atoms with Crippen molar-refractivity contribution in [1.29, 1.82) is 0 Å². The van der Waals surface area contributed by atoms with E-state index < -0.39 is 0 Å². The lowest BCUT2D eigenvalue weighted by Crippen LogP contribution is -2.16. The van der Waals surface area contributed by atoms with Crippen LogP contribution < -0.4 is 5.32 Å². The number of para-hydroxylation sites is 2. The molecule has 2 rings (SSSR count). The van der Waals surface area contributed by atoms with Crippen LogP contribution in [0.4, 0.5) is 0 Å². The average Bonchev–Trinajstić information content (AvgIpc) is 2.56. The predicted molar refractivity (Wildman–Crippen MR) is 58.2 cm³/mol. The van der Waals surface area contributed by atoms with Gasteiger partial charge in [-0.3, -0.25) is 0 Å². The van der Waals surface area contributed by atoms with Crippen molar-refractivity contribution in [2.75, 3.05) is 7.05 Å². The van der Waals surface area contributed by atoms with Crippen molar-refractivity contribution in [2.45, 2.75) is 13.0 Å². The van der Waals surface area contributed by atoms with E-state index >= 15 is 0 Å². The average molecular weight is 189 g/mol. The smallest absolute Gasteiger partial charge is 0.126 e. The third-order valence-corrected chi connectivity index (χ3v) is 2.64. The first-order valence-electron chi connectivity index (χ1n) is 4.82. The van der Waals surface area contributed by atoms with Gasteiger partial charge in [0.25, 0.3) is 0 Å². The van der Waals surface area contributed by atoms with Crippen LogP contribution in [0.1, 0.15) is 18.8 Å². The molecule has 1 aromatic heterocycles. The van der Waals surface area contributed by atoms with E-state index in [0.717, 1.165) is 11.3 Å². The highest BCUT2D eigenvalue weighted by atomic mass is 15.1. The van der Waals surface area contributed by atoms with Crippen molar-refractivity contribution in [3.05, 3.63) is 30.1 Å². The standard InChI is InChI=1S/C11H15N3/c1-8(12-2)11-13-9-6-4-5-7-10(9)14(11)3/h4-8,12H,1-3H3. The monoisotopic (exact) mass is 189 g/mol. The van der Waals surface area contributed by atoms with Crippen LogP contribution in [0.25, 0.3) is 11.0 Å². The molecule has 0 radical (unpaired) electrons. The van der Waals surface area contributed by atoms with Gasteiger partial charge in [-0.05, 0) is 26.1 Å². The minimum absolute atomic E-state index is 0.285. The summed E-state index contributed by atoms with van der Waals surface area (Å²) in [6.45, 7) is 2.11. The summed E-state index contributed by atoms with van der Waals surface area (Å²) in [5.41, 5.74) is 2.25. The Bertz CT molecular complexity index is 445. The van der Waals surface area contributed by atoms with Crippen LogP contribution in [0.5, 0.6) is 0 Å². The molecule has 1 heterocycles. The van der Waals surface area contributed by atoms with Crippen LogP contribution in [-0.4, -0.2) is 16.6 Å². The van der Waals surface area contributed by atoms with Gasteiger partial charge in [0, 0.05) is 7.05 Å². The lowest BCUT2D eigenvalue weighted by atomic mass is 10.3. The molecule has 0 aliphatic rings. The summed E-state index contributed by atoms with van der Waals surface area (Å²) in [5, 5.41) is 3.20. The highest BCUT2D eigenvalue weighted by molar-refractivity contribution is 5.75. The van der Waals surface area contributed by atoms with Crippen LogP contribution in [0.3, 0.4) is 0 Å². The largest absolute Gasteiger partial charge is 0.330 e. The van der Waals surface area contributed by atoms with E-state index in [1.165, 1.54) is 5.52 Å². The summed E-state index contributed by atoms with van der Waals surface area (Å²) in [6.07, 6.45) is 0. The normalized spacial score (nSPS) is 13.4. The summed E-state index contributed by atoms with van der Waals surface area (Å²) in [6, 6.07) is 8.48. The molecule has 1 aromatic carbocycles. The Balaban J connectivity index is 2.62. The number of hydrogen-bond donors (Lipinski definition) is 1. The SMILES string of the molecule is CNC(C)c1nc2ccccc2n1C. The minimum atomic E-state index is 0.285. The van der Waals surface area contributed by atoms with E-state index in [1.807, 2.05) is 25.2 Å². The number of nitrogens with zero attached hydrogens (tertiary/aromatic N) is 2. The molecule has 0 amide bonds. The van der Waals surface area contributed by atoms with Crippen molar-refractivity contribution >= 4 is 11.0 Å². The van der Waals surface area contributed by atoms with Gasteiger partial charge in [-0.25, -0.2) is 4.98 Å². The van der Waals surface area contributed by atoms with E-state index in [-0.39, 0.29) is 6.04 Å². The third kappa shape index (κ3) is 1.30. The van der Waals surface area contributed by atoms with E-state index in [0.29, 0.717) is 0 Å². The van der Waals surface area contributed by atoms with Crippen molar-refractivity contribution in [3.8, 4) is 0 Å². The molecule has 1 N–H and O–H groups in total. The number of nitrogens with one attached hydrogen (secondary N) is 1. The van der Waals surface area contributed by atoms with Crippen LogP contribution in [0, 0.1) is 0 Å². The molecular weight excluding hydrogens is 174 g/mol. The van der Waals surface area contributed by atoms with Crippen LogP contribution >= 0.6 is 0 Å². The number of aryl methyl sites for hydroxylation is 1. The van der Waals surface area contributed by atoms with Gasteiger partial charge >= 0.3 is 0 Å². The molecule has 0 saturated heterocycles. The summed E-state index contributed by atoms with van der Waals surface area (Å²) >= 11 is 0. The van der Waals surface area contributed by atoms with E-state index in [1.54, 1.807) is 0 Å². The first-order valence-corrected chi connectivity index (χ1v) is 4.82. The molecule has 1 atom stereocenters. The molecule has 0 aliphatic carbocycles. The van der Waals surface area contributed by atoms with E-state index in [2.05, 4.69) is 34.9 Å². The second-order valence-electron chi connectivity index (χ2n) is 3.53. The molecule has 14 heavy (non-hydrogen) atoms. The lowest BCUT2D eigenvalue weighted by molar-refractivity contribution is 0.590. The Kier molecular flexibility index (Phi) is 2.25. The quantitative estimate of drug-likeness (QED) is 0.781. The zero-order chi connectivity index (χ0) is 10.1. The maximum atomic E-state index is 4.58. The second-order valence-corrected chi connectivity index (χ2v) is 3.53. The lowest BCUT2D eigenvalue weighted by Gasteiger charge is -2.09. The van der Waals surface area contributed by atoms with Gasteiger partial charge in [0.2, 0.25) is 0 Å². The van der Waals surface area contributed by atoms with Crippen molar-refractivity contribution in [2.24, 2.45) is 7.05 Å². The van der Waals surface area contributed by atoms with Gasteiger partial charge in [-0.15, -0.1) is 0 Å². The first-order chi connectivity index (χ1) is 6.74. The maximum absolute atomic E-state index is 4.58. The van der Waals surface area contributed by atoms with Gasteiger partial charge in [0.15, 0.2) is 0 Å². The van der Waals surface area contributed by atoms with E-state index in [9.17, 15) is 0 Å². The first kappa shape index (κ1) is 9.21. The zero-order valence-electron chi connectivity index (χ0n) is 8.78. The second kappa shape index (κ2) is 3.42. The Morgan fingerprint density at radius 3 is 2.71 bits per heavy atom. The number of aromatic nitrogens is 2. The summed E-state index contributed by atoms with van der Waals surface area (Å²) in [7, 11) is 4.00. The fourth-order valence-corrected chi connectivity index (χ4v) is 1.68. The summed E-state index contributed by atoms with van der Waals surface area (Å²) in [4.78, 5) is 4.58. The van der Waals surface area contributed by atoms with Crippen LogP contribution in [0.15, 0.2) is 24.3 Å². The number of imidazole rings is 1. The van der Waals surface area contributed by atoms with Crippen molar-refractivity contribution < 1.29 is 0 Å². The molecule has 2 aromatic rings. The van der Waals surface area contributed by atoms with Gasteiger partial charge in [-0.1, -0.05) is 12.1 Å². The topological polar surface area (TPSA) is 29.9 Å². The molecule has 0 aliphatic heterocycles. The zero-order valence-corrected chi connectivity index (χ0v) is 8.78. The molecule has 1 unspecified atom stereocenters. The molecule has 0 saturated carbocycles. The van der Waals surface area contributed by atoms with Crippen LogP contribution in [-0.2, 0) is 7.05 Å². The highest BCUT2D eigenvalue weighted by Crippen LogP contribution is 2.18. The molecular formula is C11H15N3. The fourth-order valence-electron chi connectivity index (χ4n) is 1.68. The summed E-state index contributed by atoms with van der Waals surface area (Å²) < 4.78 is 2.14. The molecule has 3 heteroatoms. The van der Waals surface area contributed by atoms with Crippen molar-refractivity contribution in [1.82, 2.24) is 14.9 Å². The number of rotatable bonds is 2. The number of fused-ring (bicyclic) bond motifs is 1. The molecule has 3 nitrogen and oxygen atoms in total. The number of benzene rings is 1. The maximum Gasteiger partial charge on any atom is 0.126 e. The summed E-state index contributed by atoms with van der Waals surface area (Å²) in [5.74, 6) is 1.08. The molecule has 0 fully saturated rings. The Morgan fingerprint density at radius 2 is 2.07 bits per heavy atom. The van der Waals surface area contributed by atoms with Crippen LogP contribution in [0.2, 0.25) is 0 Å². The minimum Gasteiger partial charge on any atom is -0.330 e. The van der Waals surface area contributed by atoms with Gasteiger partial charge < -0.3 is 9.88 Å². The Labute approximate surface area is 83.8 Å². The third-order valence-electron chi connectivity index (χ3n) is 2.64. The van der Waals surface area contributed by atoms with Crippen molar-refractivity contribution in [3.63, 3.8) is 0 Å².